The van der Waals surface area contributed by atoms with Crippen LogP contribution in [0.5, 0.6) is 0 Å². The van der Waals surface area contributed by atoms with Gasteiger partial charge in [0.05, 0.1) is 5.69 Å². The maximum Gasteiger partial charge on any atom is 0.273 e. The molecule has 2 aromatic rings. The monoisotopic (exact) mass is 326 g/mol. The van der Waals surface area contributed by atoms with E-state index in [-0.39, 0.29) is 11.6 Å². The minimum absolute atomic E-state index is 0.199. The quantitative estimate of drug-likeness (QED) is 0.885. The van der Waals surface area contributed by atoms with Gasteiger partial charge in [0, 0.05) is 18.6 Å². The molecule has 0 aliphatic heterocycles. The van der Waals surface area contributed by atoms with Crippen molar-refractivity contribution in [3.63, 3.8) is 0 Å². The Kier molecular flexibility index (Phi) is 5.09. The van der Waals surface area contributed by atoms with Gasteiger partial charge in [-0.2, -0.15) is 5.10 Å². The average Bonchev–Trinajstić information content (AvgIpc) is 2.82. The van der Waals surface area contributed by atoms with Gasteiger partial charge in [0.25, 0.3) is 5.91 Å². The van der Waals surface area contributed by atoms with Crippen molar-refractivity contribution >= 4 is 34.9 Å². The summed E-state index contributed by atoms with van der Waals surface area (Å²) in [5, 5.41) is 11.0. The first-order chi connectivity index (χ1) is 10.1. The molecule has 0 radical (unpaired) electrons. The van der Waals surface area contributed by atoms with Crippen molar-refractivity contribution in [1.29, 1.82) is 0 Å². The highest BCUT2D eigenvalue weighted by Gasteiger charge is 2.21. The summed E-state index contributed by atoms with van der Waals surface area (Å²) in [6, 6.07) is 7.12. The highest BCUT2D eigenvalue weighted by Crippen LogP contribution is 2.28. The van der Waals surface area contributed by atoms with Crippen molar-refractivity contribution in [1.82, 2.24) is 15.1 Å². The number of benzene rings is 1. The van der Waals surface area contributed by atoms with Crippen molar-refractivity contribution in [2.75, 3.05) is 18.9 Å². The summed E-state index contributed by atoms with van der Waals surface area (Å²) in [6.45, 7) is 2.56. The van der Waals surface area contributed by atoms with E-state index in [4.69, 9.17) is 23.2 Å². The van der Waals surface area contributed by atoms with E-state index in [9.17, 15) is 4.79 Å². The van der Waals surface area contributed by atoms with Crippen LogP contribution in [0.15, 0.2) is 24.3 Å². The third-order valence-electron chi connectivity index (χ3n) is 2.89. The normalized spacial score (nSPS) is 10.5. The fraction of sp³-hybridized carbons (Fsp3) is 0.286. The summed E-state index contributed by atoms with van der Waals surface area (Å²) in [7, 11) is 1.73. The zero-order valence-electron chi connectivity index (χ0n) is 11.8. The molecule has 1 aromatic carbocycles. The van der Waals surface area contributed by atoms with Crippen LogP contribution in [0, 0.1) is 0 Å². The lowest BCUT2D eigenvalue weighted by Gasteiger charge is -2.06. The SMILES string of the molecule is CCCNC(=O)c1nn(-c2ccc(Cl)cc2)c(NC)c1Cl. The van der Waals surface area contributed by atoms with Gasteiger partial charge in [0.2, 0.25) is 0 Å². The first-order valence-electron chi connectivity index (χ1n) is 6.58. The molecule has 0 aliphatic rings. The van der Waals surface area contributed by atoms with Crippen LogP contribution in [0.25, 0.3) is 5.69 Å². The van der Waals surface area contributed by atoms with E-state index in [1.54, 1.807) is 36.0 Å². The highest BCUT2D eigenvalue weighted by atomic mass is 35.5. The number of nitrogens with zero attached hydrogens (tertiary/aromatic N) is 2. The van der Waals surface area contributed by atoms with Gasteiger partial charge < -0.3 is 10.6 Å². The third-order valence-corrected chi connectivity index (χ3v) is 3.50. The summed E-state index contributed by atoms with van der Waals surface area (Å²) in [5.41, 5.74) is 0.963. The van der Waals surface area contributed by atoms with Gasteiger partial charge in [-0.15, -0.1) is 0 Å². The molecule has 0 saturated carbocycles. The Morgan fingerprint density at radius 1 is 1.29 bits per heavy atom. The van der Waals surface area contributed by atoms with Crippen molar-refractivity contribution in [2.24, 2.45) is 0 Å². The number of carbonyl (C=O) groups is 1. The van der Waals surface area contributed by atoms with Crippen molar-refractivity contribution in [3.8, 4) is 5.69 Å². The van der Waals surface area contributed by atoms with Gasteiger partial charge in [-0.25, -0.2) is 4.68 Å². The second-order valence-electron chi connectivity index (χ2n) is 4.41. The molecule has 5 nitrogen and oxygen atoms in total. The summed E-state index contributed by atoms with van der Waals surface area (Å²) in [6.07, 6.45) is 0.847. The molecule has 0 spiro atoms. The minimum Gasteiger partial charge on any atom is -0.372 e. The molecule has 1 aromatic heterocycles. The minimum atomic E-state index is -0.286. The highest BCUT2D eigenvalue weighted by molar-refractivity contribution is 6.36. The fourth-order valence-corrected chi connectivity index (χ4v) is 2.28. The Morgan fingerprint density at radius 3 is 2.52 bits per heavy atom. The summed E-state index contributed by atoms with van der Waals surface area (Å²) in [4.78, 5) is 12.1. The largest absolute Gasteiger partial charge is 0.372 e. The number of carbonyl (C=O) groups excluding carboxylic acids is 1. The number of anilines is 1. The summed E-state index contributed by atoms with van der Waals surface area (Å²) in [5.74, 6) is 0.270. The van der Waals surface area contributed by atoms with E-state index in [0.29, 0.717) is 22.4 Å². The van der Waals surface area contributed by atoms with Crippen LogP contribution >= 0.6 is 23.2 Å². The van der Waals surface area contributed by atoms with Gasteiger partial charge in [-0.1, -0.05) is 30.1 Å². The van der Waals surface area contributed by atoms with E-state index in [2.05, 4.69) is 15.7 Å². The zero-order chi connectivity index (χ0) is 15.4. The molecule has 0 aliphatic carbocycles. The Balaban J connectivity index is 2.42. The standard InChI is InChI=1S/C14H16Cl2N4O/c1-3-8-18-14(21)12-11(16)13(17-2)20(19-12)10-6-4-9(15)5-7-10/h4-7,17H,3,8H2,1-2H3,(H,18,21). The maximum absolute atomic E-state index is 12.1. The van der Waals surface area contributed by atoms with Crippen molar-refractivity contribution < 1.29 is 4.79 Å². The Labute approximate surface area is 133 Å². The van der Waals surface area contributed by atoms with E-state index in [1.165, 1.54) is 0 Å². The number of hydrogen-bond acceptors (Lipinski definition) is 3. The predicted octanol–water partition coefficient (Wildman–Crippen LogP) is 3.36. The van der Waals surface area contributed by atoms with Crippen LogP contribution in [0.1, 0.15) is 23.8 Å². The molecule has 0 unspecified atom stereocenters. The van der Waals surface area contributed by atoms with Crippen LogP contribution in [0.3, 0.4) is 0 Å². The molecular formula is C14H16Cl2N4O. The summed E-state index contributed by atoms with van der Waals surface area (Å²) >= 11 is 12.1. The lowest BCUT2D eigenvalue weighted by atomic mass is 10.3. The Morgan fingerprint density at radius 2 is 1.95 bits per heavy atom. The molecule has 1 amide bonds. The lowest BCUT2D eigenvalue weighted by Crippen LogP contribution is -2.24. The van der Waals surface area contributed by atoms with Crippen molar-refractivity contribution in [3.05, 3.63) is 40.0 Å². The lowest BCUT2D eigenvalue weighted by molar-refractivity contribution is 0.0948. The van der Waals surface area contributed by atoms with E-state index in [0.717, 1.165) is 12.1 Å². The number of aromatic nitrogens is 2. The number of rotatable bonds is 5. The Bertz CT molecular complexity index is 637. The number of amides is 1. The molecular weight excluding hydrogens is 311 g/mol. The zero-order valence-corrected chi connectivity index (χ0v) is 13.3. The second-order valence-corrected chi connectivity index (χ2v) is 5.22. The predicted molar refractivity (Wildman–Crippen MR) is 85.8 cm³/mol. The molecule has 7 heteroatoms. The van der Waals surface area contributed by atoms with Crippen LogP contribution < -0.4 is 10.6 Å². The first kappa shape index (κ1) is 15.7. The number of halogens is 2. The molecule has 2 rings (SSSR count). The van der Waals surface area contributed by atoms with Crippen LogP contribution in [0.2, 0.25) is 10.0 Å². The fourth-order valence-electron chi connectivity index (χ4n) is 1.85. The van der Waals surface area contributed by atoms with E-state index < -0.39 is 0 Å². The molecule has 0 fully saturated rings. The molecule has 0 bridgehead atoms. The van der Waals surface area contributed by atoms with E-state index in [1.807, 2.05) is 6.92 Å². The van der Waals surface area contributed by atoms with E-state index >= 15 is 0 Å². The summed E-state index contributed by atoms with van der Waals surface area (Å²) < 4.78 is 1.58. The second kappa shape index (κ2) is 6.83. The Hall–Kier alpha value is -1.72. The van der Waals surface area contributed by atoms with Gasteiger partial charge in [-0.3, -0.25) is 4.79 Å². The molecule has 0 atom stereocenters. The number of hydrogen-bond donors (Lipinski definition) is 2. The molecule has 21 heavy (non-hydrogen) atoms. The third kappa shape index (κ3) is 3.31. The average molecular weight is 327 g/mol. The van der Waals surface area contributed by atoms with Gasteiger partial charge in [-0.05, 0) is 30.7 Å². The molecule has 112 valence electrons. The maximum atomic E-state index is 12.1. The van der Waals surface area contributed by atoms with Crippen LogP contribution in [-0.2, 0) is 0 Å². The van der Waals surface area contributed by atoms with Gasteiger partial charge in [0.1, 0.15) is 10.8 Å². The smallest absolute Gasteiger partial charge is 0.273 e. The molecule has 0 saturated heterocycles. The first-order valence-corrected chi connectivity index (χ1v) is 7.34. The molecule has 2 N–H and O–H groups in total. The molecule has 1 heterocycles. The van der Waals surface area contributed by atoms with Crippen LogP contribution in [0.4, 0.5) is 5.82 Å². The van der Waals surface area contributed by atoms with Crippen molar-refractivity contribution in [2.45, 2.75) is 13.3 Å². The number of nitrogens with one attached hydrogen (secondary N) is 2. The van der Waals surface area contributed by atoms with Crippen LogP contribution in [-0.4, -0.2) is 29.3 Å². The topological polar surface area (TPSA) is 59.0 Å². The van der Waals surface area contributed by atoms with Gasteiger partial charge >= 0.3 is 0 Å². The van der Waals surface area contributed by atoms with Gasteiger partial charge in [0.15, 0.2) is 5.69 Å².